The van der Waals surface area contributed by atoms with Crippen molar-refractivity contribution in [3.63, 3.8) is 0 Å². The summed E-state index contributed by atoms with van der Waals surface area (Å²) in [5.74, 6) is 0.674. The highest BCUT2D eigenvalue weighted by Crippen LogP contribution is 2.26. The summed E-state index contributed by atoms with van der Waals surface area (Å²) >= 11 is 1.29. The number of rotatable bonds is 6. The van der Waals surface area contributed by atoms with E-state index in [4.69, 9.17) is 5.73 Å². The van der Waals surface area contributed by atoms with Gasteiger partial charge in [-0.05, 0) is 5.92 Å². The molecular formula is C12H20N4OS. The van der Waals surface area contributed by atoms with Gasteiger partial charge in [-0.1, -0.05) is 31.3 Å². The van der Waals surface area contributed by atoms with Crippen molar-refractivity contribution in [2.45, 2.75) is 13.8 Å². The number of anilines is 2. The number of thiazole rings is 1. The van der Waals surface area contributed by atoms with E-state index < -0.39 is 0 Å². The Morgan fingerprint density at radius 2 is 2.33 bits per heavy atom. The molecule has 0 radical (unpaired) electrons. The van der Waals surface area contributed by atoms with Crippen LogP contribution in [0.4, 0.5) is 10.9 Å². The number of carbonyl (C=O) groups excluding carboxylic acids is 1. The van der Waals surface area contributed by atoms with Crippen molar-refractivity contribution < 1.29 is 4.79 Å². The normalized spacial score (nSPS) is 10.4. The van der Waals surface area contributed by atoms with Crippen LogP contribution in [0, 0.1) is 5.92 Å². The van der Waals surface area contributed by atoms with Crippen molar-refractivity contribution >= 4 is 28.2 Å². The Balaban J connectivity index is 2.77. The van der Waals surface area contributed by atoms with Crippen molar-refractivity contribution in [3.8, 4) is 0 Å². The van der Waals surface area contributed by atoms with Crippen molar-refractivity contribution in [3.05, 3.63) is 17.5 Å². The molecule has 0 saturated carbocycles. The van der Waals surface area contributed by atoms with Gasteiger partial charge < -0.3 is 16.0 Å². The van der Waals surface area contributed by atoms with E-state index in [-0.39, 0.29) is 11.7 Å². The lowest BCUT2D eigenvalue weighted by atomic mass is 10.2. The van der Waals surface area contributed by atoms with Crippen molar-refractivity contribution in [1.82, 2.24) is 9.88 Å². The monoisotopic (exact) mass is 268 g/mol. The third-order valence-corrected chi connectivity index (χ3v) is 3.28. The lowest BCUT2D eigenvalue weighted by Gasteiger charge is -2.13. The fourth-order valence-electron chi connectivity index (χ4n) is 1.30. The minimum Gasteiger partial charge on any atom is -0.382 e. The van der Waals surface area contributed by atoms with Gasteiger partial charge in [-0.2, -0.15) is 0 Å². The number of nitrogens with one attached hydrogen (secondary N) is 1. The van der Waals surface area contributed by atoms with E-state index in [2.05, 4.69) is 30.7 Å². The predicted molar refractivity (Wildman–Crippen MR) is 77.0 cm³/mol. The molecule has 1 heterocycles. The quantitative estimate of drug-likeness (QED) is 0.775. The summed E-state index contributed by atoms with van der Waals surface area (Å²) in [6.45, 7) is 9.11. The summed E-state index contributed by atoms with van der Waals surface area (Å²) < 4.78 is 0. The van der Waals surface area contributed by atoms with E-state index in [1.54, 1.807) is 18.0 Å². The summed E-state index contributed by atoms with van der Waals surface area (Å²) in [4.78, 5) is 18.2. The lowest BCUT2D eigenvalue weighted by molar-refractivity contribution is 0.0815. The maximum atomic E-state index is 12.0. The minimum atomic E-state index is -0.123. The first kappa shape index (κ1) is 14.5. The van der Waals surface area contributed by atoms with E-state index in [0.29, 0.717) is 22.5 Å². The summed E-state index contributed by atoms with van der Waals surface area (Å²) in [5, 5.41) is 3.86. The van der Waals surface area contributed by atoms with Gasteiger partial charge in [0, 0.05) is 20.1 Å². The molecular weight excluding hydrogens is 248 g/mol. The second kappa shape index (κ2) is 6.39. The largest absolute Gasteiger partial charge is 0.382 e. The van der Waals surface area contributed by atoms with Crippen LogP contribution in [0.5, 0.6) is 0 Å². The van der Waals surface area contributed by atoms with Crippen LogP contribution in [0.25, 0.3) is 0 Å². The Bertz CT molecular complexity index is 428. The lowest BCUT2D eigenvalue weighted by Crippen LogP contribution is -2.26. The highest BCUT2D eigenvalue weighted by atomic mass is 32.1. The Kier molecular flexibility index (Phi) is 5.15. The number of nitrogens with zero attached hydrogens (tertiary/aromatic N) is 2. The SMILES string of the molecule is C=CCN(C)C(=O)c1sc(NCC(C)C)nc1N. The van der Waals surface area contributed by atoms with Gasteiger partial charge in [0.1, 0.15) is 10.7 Å². The van der Waals surface area contributed by atoms with Crippen LogP contribution >= 0.6 is 11.3 Å². The van der Waals surface area contributed by atoms with Crippen LogP contribution in [0.3, 0.4) is 0 Å². The van der Waals surface area contributed by atoms with Crippen LogP contribution in [-0.2, 0) is 0 Å². The van der Waals surface area contributed by atoms with Gasteiger partial charge in [0.05, 0.1) is 0 Å². The first-order valence-electron chi connectivity index (χ1n) is 5.82. The topological polar surface area (TPSA) is 71.2 Å². The predicted octanol–water partition coefficient (Wildman–Crippen LogP) is 2.05. The molecule has 0 aliphatic heterocycles. The van der Waals surface area contributed by atoms with Crippen LogP contribution in [0.1, 0.15) is 23.5 Å². The molecule has 1 rings (SSSR count). The first-order valence-corrected chi connectivity index (χ1v) is 6.63. The van der Waals surface area contributed by atoms with E-state index in [9.17, 15) is 4.79 Å². The van der Waals surface area contributed by atoms with Gasteiger partial charge in [0.2, 0.25) is 0 Å². The molecule has 0 aromatic carbocycles. The average molecular weight is 268 g/mol. The van der Waals surface area contributed by atoms with Crippen LogP contribution in [-0.4, -0.2) is 35.9 Å². The third kappa shape index (κ3) is 3.73. The van der Waals surface area contributed by atoms with Crippen molar-refractivity contribution in [1.29, 1.82) is 0 Å². The molecule has 5 nitrogen and oxygen atoms in total. The molecule has 0 unspecified atom stereocenters. The standard InChI is InChI=1S/C12H20N4OS/c1-5-6-16(4)11(17)9-10(13)15-12(18-9)14-7-8(2)3/h5,8H,1,6-7,13H2,2-4H3,(H,14,15). The number of carbonyl (C=O) groups is 1. The molecule has 0 aliphatic rings. The van der Waals surface area contributed by atoms with Gasteiger partial charge in [-0.25, -0.2) is 4.98 Å². The van der Waals surface area contributed by atoms with E-state index >= 15 is 0 Å². The van der Waals surface area contributed by atoms with Crippen molar-refractivity contribution in [2.24, 2.45) is 5.92 Å². The smallest absolute Gasteiger partial charge is 0.267 e. The summed E-state index contributed by atoms with van der Waals surface area (Å²) in [6.07, 6.45) is 1.67. The fraction of sp³-hybridized carbons (Fsp3) is 0.500. The number of hydrogen-bond donors (Lipinski definition) is 2. The van der Waals surface area contributed by atoms with Crippen molar-refractivity contribution in [2.75, 3.05) is 31.2 Å². The fourth-order valence-corrected chi connectivity index (χ4v) is 2.19. The van der Waals surface area contributed by atoms with Gasteiger partial charge in [-0.15, -0.1) is 6.58 Å². The summed E-state index contributed by atoms with van der Waals surface area (Å²) in [5.41, 5.74) is 5.77. The zero-order valence-electron chi connectivity index (χ0n) is 11.1. The summed E-state index contributed by atoms with van der Waals surface area (Å²) in [6, 6.07) is 0. The maximum absolute atomic E-state index is 12.0. The molecule has 0 atom stereocenters. The van der Waals surface area contributed by atoms with Gasteiger partial charge in [0.15, 0.2) is 5.13 Å². The Morgan fingerprint density at radius 3 is 2.89 bits per heavy atom. The molecule has 0 spiro atoms. The number of hydrogen-bond acceptors (Lipinski definition) is 5. The molecule has 3 N–H and O–H groups in total. The average Bonchev–Trinajstić information content (AvgIpc) is 2.67. The van der Waals surface area contributed by atoms with Gasteiger partial charge >= 0.3 is 0 Å². The molecule has 1 amide bonds. The minimum absolute atomic E-state index is 0.123. The molecule has 18 heavy (non-hydrogen) atoms. The number of nitrogen functional groups attached to an aromatic ring is 1. The molecule has 0 bridgehead atoms. The van der Waals surface area contributed by atoms with E-state index in [1.807, 2.05) is 0 Å². The molecule has 1 aromatic heterocycles. The van der Waals surface area contributed by atoms with E-state index in [0.717, 1.165) is 6.54 Å². The highest BCUT2D eigenvalue weighted by molar-refractivity contribution is 7.18. The number of likely N-dealkylation sites (N-methyl/N-ethyl adjacent to an activating group) is 1. The Labute approximate surface area is 112 Å². The second-order valence-electron chi connectivity index (χ2n) is 4.48. The Morgan fingerprint density at radius 1 is 1.67 bits per heavy atom. The molecule has 6 heteroatoms. The number of aromatic nitrogens is 1. The third-order valence-electron chi connectivity index (χ3n) is 2.26. The summed E-state index contributed by atoms with van der Waals surface area (Å²) in [7, 11) is 1.71. The Hall–Kier alpha value is -1.56. The first-order chi connectivity index (χ1) is 8.45. The van der Waals surface area contributed by atoms with Crippen LogP contribution < -0.4 is 11.1 Å². The molecule has 100 valence electrons. The van der Waals surface area contributed by atoms with Crippen LogP contribution in [0.2, 0.25) is 0 Å². The zero-order valence-corrected chi connectivity index (χ0v) is 11.9. The van der Waals surface area contributed by atoms with Gasteiger partial charge in [0.25, 0.3) is 5.91 Å². The van der Waals surface area contributed by atoms with Crippen LogP contribution in [0.15, 0.2) is 12.7 Å². The van der Waals surface area contributed by atoms with Gasteiger partial charge in [-0.3, -0.25) is 4.79 Å². The number of nitrogens with two attached hydrogens (primary N) is 1. The maximum Gasteiger partial charge on any atom is 0.267 e. The number of amides is 1. The zero-order chi connectivity index (χ0) is 13.7. The van der Waals surface area contributed by atoms with E-state index in [1.165, 1.54) is 11.3 Å². The molecule has 1 aromatic rings. The second-order valence-corrected chi connectivity index (χ2v) is 5.48. The molecule has 0 aliphatic carbocycles. The molecule has 0 fully saturated rings. The highest BCUT2D eigenvalue weighted by Gasteiger charge is 2.19. The molecule has 0 saturated heterocycles.